The van der Waals surface area contributed by atoms with E-state index in [-0.39, 0.29) is 3.70 Å². The van der Waals surface area contributed by atoms with Crippen LogP contribution in [-0.2, 0) is 0 Å². The Kier molecular flexibility index (Phi) is 2.92. The highest BCUT2D eigenvalue weighted by Gasteiger charge is 2.16. The summed E-state index contributed by atoms with van der Waals surface area (Å²) in [6.07, 6.45) is -2.78. The number of aryl methyl sites for hydroxylation is 1. The average molecular weight is 287 g/mol. The van der Waals surface area contributed by atoms with Gasteiger partial charge in [-0.25, -0.2) is 18.2 Å². The molecular formula is C7H5F3IN. The minimum absolute atomic E-state index is 0.0112. The Labute approximate surface area is 81.1 Å². The lowest BCUT2D eigenvalue weighted by molar-refractivity contribution is 0.145. The molecule has 0 aliphatic heterocycles. The van der Waals surface area contributed by atoms with E-state index in [1.165, 1.54) is 0 Å². The highest BCUT2D eigenvalue weighted by Crippen LogP contribution is 2.24. The molecule has 1 aromatic rings. The number of halogens is 4. The number of hydrogen-bond acceptors (Lipinski definition) is 1. The number of nitrogens with zero attached hydrogens (tertiary/aromatic N) is 1. The molecule has 1 nitrogen and oxygen atoms in total. The van der Waals surface area contributed by atoms with Gasteiger partial charge in [-0.2, -0.15) is 0 Å². The predicted octanol–water partition coefficient (Wildman–Crippen LogP) is 3.07. The van der Waals surface area contributed by atoms with Crippen molar-refractivity contribution >= 4 is 22.6 Å². The standard InChI is InChI=1S/C7H5F3IN/c1-3-2-4(6(9)10)5(8)7(11)12-3/h2,6H,1H3. The SMILES string of the molecule is Cc1cc(C(F)F)c(F)c(I)n1. The Morgan fingerprint density at radius 2 is 2.08 bits per heavy atom. The first-order valence-corrected chi connectivity index (χ1v) is 4.21. The molecule has 0 spiro atoms. The van der Waals surface area contributed by atoms with Crippen molar-refractivity contribution in [2.75, 3.05) is 0 Å². The molecule has 0 atom stereocenters. The van der Waals surface area contributed by atoms with Gasteiger partial charge in [-0.15, -0.1) is 0 Å². The fraction of sp³-hybridized carbons (Fsp3) is 0.286. The Morgan fingerprint density at radius 3 is 2.58 bits per heavy atom. The third-order valence-corrected chi connectivity index (χ3v) is 2.02. The van der Waals surface area contributed by atoms with E-state index < -0.39 is 17.8 Å². The van der Waals surface area contributed by atoms with Crippen LogP contribution < -0.4 is 0 Å². The van der Waals surface area contributed by atoms with Crippen molar-refractivity contribution in [3.63, 3.8) is 0 Å². The molecule has 1 aromatic heterocycles. The van der Waals surface area contributed by atoms with Gasteiger partial charge in [0.15, 0.2) is 5.82 Å². The van der Waals surface area contributed by atoms with Crippen LogP contribution in [0.5, 0.6) is 0 Å². The summed E-state index contributed by atoms with van der Waals surface area (Å²) in [7, 11) is 0. The number of alkyl halides is 2. The molecule has 66 valence electrons. The highest BCUT2D eigenvalue weighted by atomic mass is 127. The van der Waals surface area contributed by atoms with Crippen LogP contribution in [0.2, 0.25) is 0 Å². The molecule has 0 aliphatic rings. The van der Waals surface area contributed by atoms with Crippen molar-refractivity contribution in [2.45, 2.75) is 13.3 Å². The van der Waals surface area contributed by atoms with E-state index >= 15 is 0 Å². The van der Waals surface area contributed by atoms with Crippen LogP contribution in [0.25, 0.3) is 0 Å². The lowest BCUT2D eigenvalue weighted by atomic mass is 10.2. The summed E-state index contributed by atoms with van der Waals surface area (Å²) in [5.74, 6) is -0.920. The van der Waals surface area contributed by atoms with Crippen LogP contribution in [0.15, 0.2) is 6.07 Å². The van der Waals surface area contributed by atoms with E-state index in [0.29, 0.717) is 5.69 Å². The molecule has 0 bridgehead atoms. The Morgan fingerprint density at radius 1 is 1.50 bits per heavy atom. The van der Waals surface area contributed by atoms with Gasteiger partial charge < -0.3 is 0 Å². The molecule has 5 heteroatoms. The van der Waals surface area contributed by atoms with E-state index in [9.17, 15) is 13.2 Å². The molecule has 0 aliphatic carbocycles. The molecule has 0 saturated heterocycles. The molecule has 12 heavy (non-hydrogen) atoms. The van der Waals surface area contributed by atoms with E-state index in [2.05, 4.69) is 4.98 Å². The van der Waals surface area contributed by atoms with Crippen LogP contribution in [-0.4, -0.2) is 4.98 Å². The van der Waals surface area contributed by atoms with E-state index in [1.54, 1.807) is 29.5 Å². The molecule has 0 unspecified atom stereocenters. The summed E-state index contributed by atoms with van der Waals surface area (Å²) < 4.78 is 37.1. The fourth-order valence-corrected chi connectivity index (χ4v) is 1.49. The van der Waals surface area contributed by atoms with E-state index in [1.807, 2.05) is 0 Å². The van der Waals surface area contributed by atoms with Crippen LogP contribution in [0, 0.1) is 16.4 Å². The molecule has 0 fully saturated rings. The summed E-state index contributed by atoms with van der Waals surface area (Å²) in [6, 6.07) is 1.06. The predicted molar refractivity (Wildman–Crippen MR) is 46.6 cm³/mol. The van der Waals surface area contributed by atoms with Crippen LogP contribution in [0.4, 0.5) is 13.2 Å². The largest absolute Gasteiger partial charge is 0.266 e. The molecule has 1 rings (SSSR count). The smallest absolute Gasteiger partial charge is 0.244 e. The summed E-state index contributed by atoms with van der Waals surface area (Å²) in [5, 5.41) is 0. The zero-order chi connectivity index (χ0) is 9.30. The maximum Gasteiger partial charge on any atom is 0.266 e. The van der Waals surface area contributed by atoms with Crippen LogP contribution in [0.1, 0.15) is 17.7 Å². The number of hydrogen-bond donors (Lipinski definition) is 0. The first-order valence-electron chi connectivity index (χ1n) is 3.13. The van der Waals surface area contributed by atoms with Crippen molar-refractivity contribution in [2.24, 2.45) is 0 Å². The number of pyridine rings is 1. The summed E-state index contributed by atoms with van der Waals surface area (Å²) in [5.41, 5.74) is -0.178. The van der Waals surface area contributed by atoms with Gasteiger partial charge >= 0.3 is 0 Å². The zero-order valence-electron chi connectivity index (χ0n) is 6.11. The quantitative estimate of drug-likeness (QED) is 0.571. The maximum atomic E-state index is 12.9. The van der Waals surface area contributed by atoms with Gasteiger partial charge in [0.2, 0.25) is 0 Å². The van der Waals surface area contributed by atoms with Gasteiger partial charge in [-0.1, -0.05) is 0 Å². The second-order valence-corrected chi connectivity index (χ2v) is 3.28. The minimum atomic E-state index is -2.78. The van der Waals surface area contributed by atoms with Gasteiger partial charge in [-0.05, 0) is 35.6 Å². The molecular weight excluding hydrogens is 282 g/mol. The Balaban J connectivity index is 3.28. The van der Waals surface area contributed by atoms with Gasteiger partial charge in [0.1, 0.15) is 3.70 Å². The first-order chi connectivity index (χ1) is 5.52. The second kappa shape index (κ2) is 3.59. The van der Waals surface area contributed by atoms with Gasteiger partial charge in [0.05, 0.1) is 5.56 Å². The molecule has 0 saturated carbocycles. The lowest BCUT2D eigenvalue weighted by Crippen LogP contribution is -1.98. The molecule has 0 amide bonds. The number of aromatic nitrogens is 1. The molecule has 0 N–H and O–H groups in total. The lowest BCUT2D eigenvalue weighted by Gasteiger charge is -2.03. The topological polar surface area (TPSA) is 12.9 Å². The van der Waals surface area contributed by atoms with Crippen LogP contribution in [0.3, 0.4) is 0 Å². The first kappa shape index (κ1) is 9.76. The Hall–Kier alpha value is -0.330. The van der Waals surface area contributed by atoms with Crippen molar-refractivity contribution in [1.29, 1.82) is 0 Å². The third-order valence-electron chi connectivity index (χ3n) is 1.31. The molecule has 1 heterocycles. The third kappa shape index (κ3) is 1.88. The molecule has 0 radical (unpaired) electrons. The molecule has 0 aromatic carbocycles. The number of rotatable bonds is 1. The van der Waals surface area contributed by atoms with Gasteiger partial charge in [0.25, 0.3) is 6.43 Å². The van der Waals surface area contributed by atoms with E-state index in [0.717, 1.165) is 6.07 Å². The average Bonchev–Trinajstić information content (AvgIpc) is 1.96. The van der Waals surface area contributed by atoms with Crippen molar-refractivity contribution < 1.29 is 13.2 Å². The van der Waals surface area contributed by atoms with Gasteiger partial charge in [0, 0.05) is 5.69 Å². The minimum Gasteiger partial charge on any atom is -0.244 e. The highest BCUT2D eigenvalue weighted by molar-refractivity contribution is 14.1. The summed E-state index contributed by atoms with van der Waals surface area (Å²) >= 11 is 1.59. The van der Waals surface area contributed by atoms with E-state index in [4.69, 9.17) is 0 Å². The summed E-state index contributed by atoms with van der Waals surface area (Å²) in [6.45, 7) is 1.55. The van der Waals surface area contributed by atoms with Crippen molar-refractivity contribution in [1.82, 2.24) is 4.98 Å². The van der Waals surface area contributed by atoms with Gasteiger partial charge in [-0.3, -0.25) is 0 Å². The fourth-order valence-electron chi connectivity index (χ4n) is 0.802. The zero-order valence-corrected chi connectivity index (χ0v) is 8.27. The summed E-state index contributed by atoms with van der Waals surface area (Å²) in [4.78, 5) is 3.69. The Bertz CT molecular complexity index is 301. The van der Waals surface area contributed by atoms with Crippen molar-refractivity contribution in [3.8, 4) is 0 Å². The van der Waals surface area contributed by atoms with Crippen LogP contribution >= 0.6 is 22.6 Å². The maximum absolute atomic E-state index is 12.9. The monoisotopic (exact) mass is 287 g/mol. The second-order valence-electron chi connectivity index (χ2n) is 2.26. The van der Waals surface area contributed by atoms with Crippen molar-refractivity contribution in [3.05, 3.63) is 26.8 Å². The normalized spacial score (nSPS) is 10.8.